The van der Waals surface area contributed by atoms with Crippen LogP contribution in [0.3, 0.4) is 0 Å². The molecule has 1 fully saturated rings. The molecule has 0 N–H and O–H groups in total. The maximum absolute atomic E-state index is 13.1. The highest BCUT2D eigenvalue weighted by Gasteiger charge is 2.38. The van der Waals surface area contributed by atoms with Gasteiger partial charge in [0.15, 0.2) is 0 Å². The SMILES string of the molecule is C[n+]1ccn(C(=O)N2C[C@@H](F)C[C@H]2C#N)c1.[I-]. The molecular formula is C10H12FIN4O. The van der Waals surface area contributed by atoms with Crippen molar-refractivity contribution in [2.24, 2.45) is 7.05 Å². The number of aryl methyl sites for hydroxylation is 1. The molecule has 1 saturated heterocycles. The molecule has 17 heavy (non-hydrogen) atoms. The van der Waals surface area contributed by atoms with E-state index in [9.17, 15) is 9.18 Å². The fourth-order valence-electron chi connectivity index (χ4n) is 1.83. The third-order valence-electron chi connectivity index (χ3n) is 2.63. The average molecular weight is 350 g/mol. The zero-order chi connectivity index (χ0) is 11.7. The molecule has 0 aromatic carbocycles. The zero-order valence-electron chi connectivity index (χ0n) is 9.25. The number of halogens is 2. The van der Waals surface area contributed by atoms with Gasteiger partial charge in [-0.1, -0.05) is 0 Å². The summed E-state index contributed by atoms with van der Waals surface area (Å²) in [6.45, 7) is -0.00104. The zero-order valence-corrected chi connectivity index (χ0v) is 11.4. The second kappa shape index (κ2) is 5.44. The molecule has 0 unspecified atom stereocenters. The molecule has 2 atom stereocenters. The number of amides is 1. The minimum Gasteiger partial charge on any atom is -1.00 e. The van der Waals surface area contributed by atoms with E-state index in [2.05, 4.69) is 0 Å². The molecule has 0 saturated carbocycles. The molecule has 1 aromatic heterocycles. The van der Waals surface area contributed by atoms with Crippen LogP contribution in [0, 0.1) is 11.3 Å². The van der Waals surface area contributed by atoms with Crippen molar-refractivity contribution >= 4 is 6.03 Å². The minimum atomic E-state index is -1.10. The van der Waals surface area contributed by atoms with Gasteiger partial charge in [0, 0.05) is 6.42 Å². The molecule has 2 rings (SSSR count). The van der Waals surface area contributed by atoms with Crippen molar-refractivity contribution in [2.45, 2.75) is 18.6 Å². The Hall–Kier alpha value is -1.17. The van der Waals surface area contributed by atoms with Gasteiger partial charge in [0.05, 0.1) is 19.7 Å². The first kappa shape index (κ1) is 13.9. The average Bonchev–Trinajstić information content (AvgIpc) is 2.83. The van der Waals surface area contributed by atoms with Crippen molar-refractivity contribution in [3.8, 4) is 6.07 Å². The Kier molecular flexibility index (Phi) is 4.45. The molecule has 1 aromatic rings. The molecule has 7 heteroatoms. The van der Waals surface area contributed by atoms with Crippen molar-refractivity contribution < 1.29 is 37.7 Å². The van der Waals surface area contributed by atoms with E-state index in [0.29, 0.717) is 0 Å². The molecule has 5 nitrogen and oxygen atoms in total. The maximum atomic E-state index is 13.1. The highest BCUT2D eigenvalue weighted by atomic mass is 127. The topological polar surface area (TPSA) is 52.9 Å². The number of nitriles is 1. The summed E-state index contributed by atoms with van der Waals surface area (Å²) in [4.78, 5) is 13.2. The Morgan fingerprint density at radius 1 is 1.65 bits per heavy atom. The fourth-order valence-corrected chi connectivity index (χ4v) is 1.83. The van der Waals surface area contributed by atoms with Crippen LogP contribution < -0.4 is 28.5 Å². The van der Waals surface area contributed by atoms with Crippen molar-refractivity contribution in [1.82, 2.24) is 9.47 Å². The predicted molar refractivity (Wildman–Crippen MR) is 52.0 cm³/mol. The highest BCUT2D eigenvalue weighted by molar-refractivity contribution is 5.77. The standard InChI is InChI=1S/C10H12FN4O.HI/c1-13-2-3-14(7-13)10(16)15-6-8(11)4-9(15)5-12;/h2-3,7-9H,4,6H2,1H3;1H/q+1;/p-1/t8-,9-;/m0./s1. The van der Waals surface area contributed by atoms with Crippen LogP contribution in [-0.4, -0.2) is 34.3 Å². The number of carbonyl (C=O) groups is 1. The predicted octanol–water partition coefficient (Wildman–Crippen LogP) is -2.78. The van der Waals surface area contributed by atoms with Crippen molar-refractivity contribution in [3.05, 3.63) is 18.7 Å². The van der Waals surface area contributed by atoms with Gasteiger partial charge in [0.2, 0.25) is 0 Å². The van der Waals surface area contributed by atoms with Gasteiger partial charge < -0.3 is 24.0 Å². The smallest absolute Gasteiger partial charge is 0.416 e. The van der Waals surface area contributed by atoms with Crippen LogP contribution in [0.1, 0.15) is 6.42 Å². The number of likely N-dealkylation sites (tertiary alicyclic amines) is 1. The maximum Gasteiger partial charge on any atom is 0.416 e. The number of imidazole rings is 1. The van der Waals surface area contributed by atoms with Gasteiger partial charge in [-0.2, -0.15) is 9.83 Å². The van der Waals surface area contributed by atoms with Crippen LogP contribution in [0.2, 0.25) is 0 Å². The molecule has 2 heterocycles. The van der Waals surface area contributed by atoms with Crippen LogP contribution in [0.15, 0.2) is 18.7 Å². The van der Waals surface area contributed by atoms with Gasteiger partial charge in [-0.3, -0.25) is 4.90 Å². The first-order chi connectivity index (χ1) is 7.61. The van der Waals surface area contributed by atoms with E-state index in [4.69, 9.17) is 5.26 Å². The van der Waals surface area contributed by atoms with Crippen molar-refractivity contribution in [2.75, 3.05) is 6.54 Å². The lowest BCUT2D eigenvalue weighted by atomic mass is 10.2. The number of hydrogen-bond acceptors (Lipinski definition) is 2. The van der Waals surface area contributed by atoms with Gasteiger partial charge in [-0.25, -0.2) is 13.8 Å². The van der Waals surface area contributed by atoms with Crippen LogP contribution in [0.25, 0.3) is 0 Å². The van der Waals surface area contributed by atoms with Gasteiger partial charge in [-0.05, 0) is 0 Å². The molecule has 92 valence electrons. The summed E-state index contributed by atoms with van der Waals surface area (Å²) in [6.07, 6.45) is 3.89. The first-order valence-corrected chi connectivity index (χ1v) is 4.99. The minimum absolute atomic E-state index is 0. The van der Waals surface area contributed by atoms with E-state index in [1.54, 1.807) is 30.3 Å². The largest absolute Gasteiger partial charge is 1.00 e. The third kappa shape index (κ3) is 2.74. The van der Waals surface area contributed by atoms with Crippen LogP contribution in [0.5, 0.6) is 0 Å². The summed E-state index contributed by atoms with van der Waals surface area (Å²) in [5, 5.41) is 8.83. The molecule has 0 aliphatic carbocycles. The second-order valence-corrected chi connectivity index (χ2v) is 3.90. The molecule has 0 radical (unpaired) electrons. The first-order valence-electron chi connectivity index (χ1n) is 4.99. The Bertz CT molecular complexity index is 455. The number of hydrogen-bond donors (Lipinski definition) is 0. The Balaban J connectivity index is 0.00000144. The third-order valence-corrected chi connectivity index (χ3v) is 2.63. The summed E-state index contributed by atoms with van der Waals surface area (Å²) in [6, 6.07) is 0.935. The van der Waals surface area contributed by atoms with Crippen molar-refractivity contribution in [3.63, 3.8) is 0 Å². The molecule has 1 amide bonds. The van der Waals surface area contributed by atoms with E-state index in [1.807, 2.05) is 6.07 Å². The molecule has 1 aliphatic heterocycles. The number of carbonyl (C=O) groups excluding carboxylic acids is 1. The normalized spacial score (nSPS) is 23.0. The van der Waals surface area contributed by atoms with E-state index in [0.717, 1.165) is 0 Å². The van der Waals surface area contributed by atoms with Crippen molar-refractivity contribution in [1.29, 1.82) is 5.26 Å². The van der Waals surface area contributed by atoms with E-state index in [-0.39, 0.29) is 43.0 Å². The molecule has 0 bridgehead atoms. The molecule has 1 aliphatic rings. The number of aromatic nitrogens is 2. The Morgan fingerprint density at radius 2 is 2.35 bits per heavy atom. The van der Waals surface area contributed by atoms with Crippen LogP contribution >= 0.6 is 0 Å². The van der Waals surface area contributed by atoms with Crippen LogP contribution in [0.4, 0.5) is 9.18 Å². The molecule has 0 spiro atoms. The lowest BCUT2D eigenvalue weighted by molar-refractivity contribution is -0.670. The van der Waals surface area contributed by atoms with Gasteiger partial charge in [-0.15, -0.1) is 0 Å². The molecular weight excluding hydrogens is 338 g/mol. The summed E-state index contributed by atoms with van der Waals surface area (Å²) < 4.78 is 16.2. The number of rotatable bonds is 0. The summed E-state index contributed by atoms with van der Waals surface area (Å²) >= 11 is 0. The van der Waals surface area contributed by atoms with E-state index >= 15 is 0 Å². The van der Waals surface area contributed by atoms with Gasteiger partial charge >= 0.3 is 6.03 Å². The Labute approximate surface area is 115 Å². The number of alkyl halides is 1. The van der Waals surface area contributed by atoms with Gasteiger partial charge in [0.1, 0.15) is 24.6 Å². The summed E-state index contributed by atoms with van der Waals surface area (Å²) in [5.74, 6) is 0. The van der Waals surface area contributed by atoms with Gasteiger partial charge in [0.25, 0.3) is 6.33 Å². The second-order valence-electron chi connectivity index (χ2n) is 3.90. The monoisotopic (exact) mass is 350 g/mol. The lowest BCUT2D eigenvalue weighted by Gasteiger charge is -2.15. The quantitative estimate of drug-likeness (QED) is 0.376. The highest BCUT2D eigenvalue weighted by Crippen LogP contribution is 2.20. The summed E-state index contributed by atoms with van der Waals surface area (Å²) in [5.41, 5.74) is 0. The van der Waals surface area contributed by atoms with E-state index < -0.39 is 12.2 Å². The fraction of sp³-hybridized carbons (Fsp3) is 0.500. The van der Waals surface area contributed by atoms with Crippen LogP contribution in [-0.2, 0) is 7.05 Å². The van der Waals surface area contributed by atoms with E-state index in [1.165, 1.54) is 9.47 Å². The lowest BCUT2D eigenvalue weighted by Crippen LogP contribution is -3.00. The number of nitrogens with zero attached hydrogens (tertiary/aromatic N) is 4. The summed E-state index contributed by atoms with van der Waals surface area (Å²) in [7, 11) is 1.79. The Morgan fingerprint density at radius 3 is 2.88 bits per heavy atom.